The smallest absolute Gasteiger partial charge is 0.0904 e. The molecule has 1 aliphatic heterocycles. The number of unbranched alkanes of at least 4 members (excludes halogenated alkanes) is 1. The Morgan fingerprint density at radius 1 is 1.61 bits per heavy atom. The Balaban J connectivity index is 2.18. The predicted molar refractivity (Wildman–Crippen MR) is 72.8 cm³/mol. The van der Waals surface area contributed by atoms with Gasteiger partial charge in [0, 0.05) is 12.5 Å². The van der Waals surface area contributed by atoms with Crippen LogP contribution in [0.2, 0.25) is 0 Å². The quantitative estimate of drug-likeness (QED) is 0.655. The van der Waals surface area contributed by atoms with E-state index in [1.54, 1.807) is 0 Å². The molecule has 0 aliphatic carbocycles. The molecule has 0 radical (unpaired) electrons. The highest BCUT2D eigenvalue weighted by molar-refractivity contribution is 4.88. The minimum Gasteiger partial charge on any atom is -0.513 e. The zero-order chi connectivity index (χ0) is 13.2. The van der Waals surface area contributed by atoms with Crippen LogP contribution in [0.5, 0.6) is 0 Å². The molecule has 0 saturated carbocycles. The van der Waals surface area contributed by atoms with Crippen molar-refractivity contribution in [2.45, 2.75) is 38.6 Å². The highest BCUT2D eigenvalue weighted by Crippen LogP contribution is 2.15. The molecule has 0 aromatic heterocycles. The van der Waals surface area contributed by atoms with Gasteiger partial charge in [-0.3, -0.25) is 0 Å². The molecule has 2 N–H and O–H groups in total. The van der Waals surface area contributed by atoms with E-state index in [-0.39, 0.29) is 17.7 Å². The van der Waals surface area contributed by atoms with Crippen LogP contribution in [0, 0.1) is 5.92 Å². The summed E-state index contributed by atoms with van der Waals surface area (Å²) in [6.45, 7) is 9.48. The number of aliphatic hydroxyl groups excluding tert-OH is 1. The molecule has 0 bridgehead atoms. The molecule has 1 heterocycles. The molecular formula is C14H27NO3. The van der Waals surface area contributed by atoms with Gasteiger partial charge in [0.05, 0.1) is 31.6 Å². The zero-order valence-corrected chi connectivity index (χ0v) is 11.5. The van der Waals surface area contributed by atoms with Gasteiger partial charge in [-0.05, 0) is 19.4 Å². The summed E-state index contributed by atoms with van der Waals surface area (Å²) >= 11 is 0. The summed E-state index contributed by atoms with van der Waals surface area (Å²) in [5.74, 6) is 0.310. The van der Waals surface area contributed by atoms with Crippen LogP contribution in [0.3, 0.4) is 0 Å². The molecule has 0 unspecified atom stereocenters. The Morgan fingerprint density at radius 3 is 3.17 bits per heavy atom. The first-order valence-electron chi connectivity index (χ1n) is 7.00. The average molecular weight is 257 g/mol. The lowest BCUT2D eigenvalue weighted by molar-refractivity contribution is 0.0503. The van der Waals surface area contributed by atoms with Gasteiger partial charge in [-0.2, -0.15) is 0 Å². The van der Waals surface area contributed by atoms with Crippen LogP contribution < -0.4 is 5.32 Å². The van der Waals surface area contributed by atoms with Crippen LogP contribution in [0.4, 0.5) is 0 Å². The lowest BCUT2D eigenvalue weighted by atomic mass is 10.0. The topological polar surface area (TPSA) is 50.7 Å². The van der Waals surface area contributed by atoms with Gasteiger partial charge in [0.2, 0.25) is 0 Å². The van der Waals surface area contributed by atoms with E-state index in [4.69, 9.17) is 9.47 Å². The summed E-state index contributed by atoms with van der Waals surface area (Å²) in [5, 5.41) is 12.9. The lowest BCUT2D eigenvalue weighted by Gasteiger charge is -2.19. The summed E-state index contributed by atoms with van der Waals surface area (Å²) in [6.07, 6.45) is 4.23. The van der Waals surface area contributed by atoms with E-state index in [2.05, 4.69) is 18.8 Å². The van der Waals surface area contributed by atoms with E-state index >= 15 is 0 Å². The van der Waals surface area contributed by atoms with Gasteiger partial charge in [-0.25, -0.2) is 0 Å². The molecule has 0 aromatic rings. The Hall–Kier alpha value is -0.580. The number of nitrogens with one attached hydrogen (secondary N) is 1. The van der Waals surface area contributed by atoms with E-state index in [1.807, 2.05) is 0 Å². The summed E-state index contributed by atoms with van der Waals surface area (Å²) in [5.41, 5.74) is 0. The largest absolute Gasteiger partial charge is 0.513 e. The molecule has 106 valence electrons. The Kier molecular flexibility index (Phi) is 8.05. The maximum absolute atomic E-state index is 9.51. The van der Waals surface area contributed by atoms with Crippen LogP contribution in [0.25, 0.3) is 0 Å². The molecule has 0 aromatic carbocycles. The molecule has 0 amide bonds. The van der Waals surface area contributed by atoms with Crippen molar-refractivity contribution >= 4 is 0 Å². The molecule has 1 saturated heterocycles. The summed E-state index contributed by atoms with van der Waals surface area (Å²) < 4.78 is 11.2. The van der Waals surface area contributed by atoms with Crippen molar-refractivity contribution in [3.05, 3.63) is 12.3 Å². The van der Waals surface area contributed by atoms with Crippen LogP contribution in [-0.4, -0.2) is 44.1 Å². The second-order valence-corrected chi connectivity index (χ2v) is 4.95. The number of ether oxygens (including phenoxy) is 2. The highest BCUT2D eigenvalue weighted by atomic mass is 16.5. The normalized spacial score (nSPS) is 22.4. The minimum absolute atomic E-state index is 0.0663. The number of rotatable bonds is 8. The first-order valence-corrected chi connectivity index (χ1v) is 7.00. The molecule has 4 heteroatoms. The van der Waals surface area contributed by atoms with E-state index < -0.39 is 0 Å². The molecule has 2 atom stereocenters. The molecule has 18 heavy (non-hydrogen) atoms. The fourth-order valence-corrected chi connectivity index (χ4v) is 2.02. The number of aliphatic hydroxyl groups is 1. The van der Waals surface area contributed by atoms with Crippen molar-refractivity contribution < 1.29 is 14.6 Å². The standard InChI is InChI=1S/C14H27NO3/c1-3-4-6-13(12(2)16)9-18-11-14-10-17-8-5-7-15-14/h13-16H,2-11H2,1H3/t13-,14-/m0/s1. The molecule has 0 spiro atoms. The SMILES string of the molecule is C=C(O)[C@@H](CCCC)COC[C@@H]1COCCCN1. The number of hydrogen-bond donors (Lipinski definition) is 2. The third kappa shape index (κ3) is 6.38. The van der Waals surface area contributed by atoms with Gasteiger partial charge in [-0.1, -0.05) is 26.3 Å². The van der Waals surface area contributed by atoms with E-state index in [0.29, 0.717) is 19.8 Å². The second-order valence-electron chi connectivity index (χ2n) is 4.95. The van der Waals surface area contributed by atoms with Gasteiger partial charge in [-0.15, -0.1) is 0 Å². The van der Waals surface area contributed by atoms with E-state index in [1.165, 1.54) is 0 Å². The zero-order valence-electron chi connectivity index (χ0n) is 11.5. The fraction of sp³-hybridized carbons (Fsp3) is 0.857. The summed E-state index contributed by atoms with van der Waals surface area (Å²) in [7, 11) is 0. The Labute approximate surface area is 110 Å². The average Bonchev–Trinajstić information content (AvgIpc) is 2.61. The number of hydrogen-bond acceptors (Lipinski definition) is 4. The third-order valence-electron chi connectivity index (χ3n) is 3.23. The van der Waals surface area contributed by atoms with Crippen LogP contribution >= 0.6 is 0 Å². The first kappa shape index (κ1) is 15.5. The van der Waals surface area contributed by atoms with Crippen LogP contribution in [0.15, 0.2) is 12.3 Å². The van der Waals surface area contributed by atoms with Crippen molar-refractivity contribution in [1.82, 2.24) is 5.32 Å². The van der Waals surface area contributed by atoms with Gasteiger partial charge in [0.25, 0.3) is 0 Å². The van der Waals surface area contributed by atoms with Gasteiger partial charge in [0.1, 0.15) is 0 Å². The van der Waals surface area contributed by atoms with Crippen molar-refractivity contribution in [1.29, 1.82) is 0 Å². The highest BCUT2D eigenvalue weighted by Gasteiger charge is 2.15. The maximum Gasteiger partial charge on any atom is 0.0904 e. The van der Waals surface area contributed by atoms with Gasteiger partial charge >= 0.3 is 0 Å². The summed E-state index contributed by atoms with van der Waals surface area (Å²) in [4.78, 5) is 0. The molecule has 1 fully saturated rings. The molecule has 1 aliphatic rings. The monoisotopic (exact) mass is 257 g/mol. The first-order chi connectivity index (χ1) is 8.74. The predicted octanol–water partition coefficient (Wildman–Crippen LogP) is 2.26. The Bertz CT molecular complexity index is 225. The van der Waals surface area contributed by atoms with Crippen molar-refractivity contribution in [2.75, 3.05) is 33.0 Å². The fourth-order valence-electron chi connectivity index (χ4n) is 2.02. The van der Waals surface area contributed by atoms with Crippen molar-refractivity contribution in [3.63, 3.8) is 0 Å². The van der Waals surface area contributed by atoms with Gasteiger partial charge < -0.3 is 19.9 Å². The third-order valence-corrected chi connectivity index (χ3v) is 3.23. The molecule has 1 rings (SSSR count). The van der Waals surface area contributed by atoms with Crippen LogP contribution in [-0.2, 0) is 9.47 Å². The maximum atomic E-state index is 9.51. The minimum atomic E-state index is 0.0663. The Morgan fingerprint density at radius 2 is 2.44 bits per heavy atom. The molecular weight excluding hydrogens is 230 g/mol. The van der Waals surface area contributed by atoms with E-state index in [0.717, 1.165) is 38.8 Å². The van der Waals surface area contributed by atoms with Crippen molar-refractivity contribution in [2.24, 2.45) is 5.92 Å². The van der Waals surface area contributed by atoms with E-state index in [9.17, 15) is 5.11 Å². The molecule has 4 nitrogen and oxygen atoms in total. The second kappa shape index (κ2) is 9.36. The summed E-state index contributed by atoms with van der Waals surface area (Å²) in [6, 6.07) is 0.270. The lowest BCUT2D eigenvalue weighted by Crippen LogP contribution is -2.36. The van der Waals surface area contributed by atoms with Crippen LogP contribution in [0.1, 0.15) is 32.6 Å². The van der Waals surface area contributed by atoms with Gasteiger partial charge in [0.15, 0.2) is 0 Å². The van der Waals surface area contributed by atoms with Crippen molar-refractivity contribution in [3.8, 4) is 0 Å².